The van der Waals surface area contributed by atoms with E-state index in [9.17, 15) is 14.4 Å². The Kier molecular flexibility index (Phi) is 8.10. The number of carbonyl (C=O) groups excluding carboxylic acids is 3. The van der Waals surface area contributed by atoms with E-state index in [4.69, 9.17) is 9.47 Å². The highest BCUT2D eigenvalue weighted by molar-refractivity contribution is 6.02. The number of likely N-dealkylation sites (tertiary alicyclic amines) is 2. The summed E-state index contributed by atoms with van der Waals surface area (Å²) in [6.07, 6.45) is 11.8. The number of ether oxygens (including phenoxy) is 2. The number of nitrogens with zero attached hydrogens (tertiary/aromatic N) is 2. The molecule has 6 rings (SSSR count). The Hall–Kier alpha value is -2.91. The first-order chi connectivity index (χ1) is 19.9. The zero-order chi connectivity index (χ0) is 28.6. The number of hydrogen-bond acceptors (Lipinski definition) is 6. The van der Waals surface area contributed by atoms with Gasteiger partial charge < -0.3 is 29.9 Å². The molecule has 3 amide bonds. The SMILES string of the molecule is COc1ccc(NC(=O)[C@H]2[C@H]3C=C[C@@]4(O3)[C@H]2C(=O)N(CCCN2CCC[C@H](C)C2)[C@@H]4C(=O)NC2CCCCC2)cc1. The first kappa shape index (κ1) is 28.2. The van der Waals surface area contributed by atoms with Crippen LogP contribution in [0.3, 0.4) is 0 Å². The van der Waals surface area contributed by atoms with E-state index >= 15 is 0 Å². The molecule has 3 saturated heterocycles. The third-order valence-corrected chi connectivity index (χ3v) is 9.85. The second kappa shape index (κ2) is 11.8. The molecule has 1 aromatic carbocycles. The molecule has 0 radical (unpaired) electrons. The fraction of sp³-hybridized carbons (Fsp3) is 0.656. The average Bonchev–Trinajstić information content (AvgIpc) is 3.61. The molecule has 4 aliphatic heterocycles. The van der Waals surface area contributed by atoms with Gasteiger partial charge in [0.2, 0.25) is 17.7 Å². The van der Waals surface area contributed by atoms with Gasteiger partial charge in [-0.05, 0) is 75.4 Å². The summed E-state index contributed by atoms with van der Waals surface area (Å²) in [6.45, 7) is 5.81. The van der Waals surface area contributed by atoms with Crippen LogP contribution in [-0.2, 0) is 19.1 Å². The van der Waals surface area contributed by atoms with Crippen molar-refractivity contribution in [2.24, 2.45) is 17.8 Å². The highest BCUT2D eigenvalue weighted by Crippen LogP contribution is 2.55. The van der Waals surface area contributed by atoms with Crippen molar-refractivity contribution < 1.29 is 23.9 Å². The second-order valence-electron chi connectivity index (χ2n) is 12.7. The lowest BCUT2D eigenvalue weighted by Gasteiger charge is -2.35. The van der Waals surface area contributed by atoms with Gasteiger partial charge in [0.15, 0.2) is 0 Å². The molecule has 2 N–H and O–H groups in total. The third kappa shape index (κ3) is 5.39. The van der Waals surface area contributed by atoms with Crippen LogP contribution in [-0.4, -0.2) is 84.6 Å². The molecule has 41 heavy (non-hydrogen) atoms. The maximum Gasteiger partial charge on any atom is 0.246 e. The molecule has 1 spiro atoms. The van der Waals surface area contributed by atoms with Crippen molar-refractivity contribution in [2.45, 2.75) is 82.1 Å². The number of amides is 3. The van der Waals surface area contributed by atoms with Crippen molar-refractivity contribution in [3.8, 4) is 5.75 Å². The quantitative estimate of drug-likeness (QED) is 0.447. The van der Waals surface area contributed by atoms with Crippen LogP contribution in [0.15, 0.2) is 36.4 Å². The van der Waals surface area contributed by atoms with E-state index < -0.39 is 29.6 Å². The van der Waals surface area contributed by atoms with Gasteiger partial charge in [-0.3, -0.25) is 14.4 Å². The topological polar surface area (TPSA) is 100 Å². The highest BCUT2D eigenvalue weighted by Gasteiger charge is 2.72. The second-order valence-corrected chi connectivity index (χ2v) is 12.7. The van der Waals surface area contributed by atoms with Crippen molar-refractivity contribution in [1.82, 2.24) is 15.1 Å². The van der Waals surface area contributed by atoms with Crippen molar-refractivity contribution in [2.75, 3.05) is 38.6 Å². The number of anilines is 1. The van der Waals surface area contributed by atoms with Crippen molar-refractivity contribution in [1.29, 1.82) is 0 Å². The lowest BCUT2D eigenvalue weighted by atomic mass is 9.74. The van der Waals surface area contributed by atoms with E-state index in [-0.39, 0.29) is 23.8 Å². The number of hydrogen-bond donors (Lipinski definition) is 2. The van der Waals surface area contributed by atoms with Crippen LogP contribution in [0.25, 0.3) is 0 Å². The molecule has 2 bridgehead atoms. The normalized spacial score (nSPS) is 33.2. The van der Waals surface area contributed by atoms with E-state index in [0.29, 0.717) is 23.9 Å². The minimum absolute atomic E-state index is 0.121. The molecule has 4 heterocycles. The summed E-state index contributed by atoms with van der Waals surface area (Å²) in [5, 5.41) is 6.25. The van der Waals surface area contributed by atoms with E-state index in [1.165, 1.54) is 19.3 Å². The van der Waals surface area contributed by atoms with Gasteiger partial charge in [0, 0.05) is 24.8 Å². The molecule has 5 aliphatic rings. The molecule has 6 atom stereocenters. The standard InChI is InChI=1S/C32H44N4O5/c1-21-8-6-17-35(20-21)18-7-19-36-28(30(38)34-22-9-4-3-5-10-22)32-16-15-25(41-32)26(27(32)31(36)39)29(37)33-23-11-13-24(40-2)14-12-23/h11-16,21-22,25-28H,3-10,17-20H2,1-2H3,(H,33,37)(H,34,38)/t21-,25+,26-,27+,28+,32+/m0/s1. The van der Waals surface area contributed by atoms with Crippen LogP contribution < -0.4 is 15.4 Å². The molecular formula is C32H44N4O5. The van der Waals surface area contributed by atoms with Gasteiger partial charge in [0.1, 0.15) is 17.4 Å². The molecule has 4 fully saturated rings. The van der Waals surface area contributed by atoms with Gasteiger partial charge >= 0.3 is 0 Å². The van der Waals surface area contributed by atoms with Gasteiger partial charge in [0.05, 0.1) is 25.0 Å². The number of rotatable bonds is 9. The molecule has 1 aromatic rings. The Balaban J connectivity index is 1.22. The van der Waals surface area contributed by atoms with Gasteiger partial charge in [-0.1, -0.05) is 38.3 Å². The largest absolute Gasteiger partial charge is 0.497 e. The van der Waals surface area contributed by atoms with Crippen molar-refractivity contribution in [3.05, 3.63) is 36.4 Å². The zero-order valence-electron chi connectivity index (χ0n) is 24.3. The van der Waals surface area contributed by atoms with Gasteiger partial charge in [-0.2, -0.15) is 0 Å². The summed E-state index contributed by atoms with van der Waals surface area (Å²) in [7, 11) is 1.59. The van der Waals surface area contributed by atoms with E-state index in [1.807, 2.05) is 12.2 Å². The number of fused-ring (bicyclic) bond motifs is 1. The molecule has 0 unspecified atom stereocenters. The molecule has 9 heteroatoms. The Bertz CT molecular complexity index is 1170. The third-order valence-electron chi connectivity index (χ3n) is 9.85. The highest BCUT2D eigenvalue weighted by atomic mass is 16.5. The van der Waals surface area contributed by atoms with Crippen molar-refractivity contribution in [3.63, 3.8) is 0 Å². The lowest BCUT2D eigenvalue weighted by Crippen LogP contribution is -2.56. The fourth-order valence-electron chi connectivity index (χ4n) is 7.89. The van der Waals surface area contributed by atoms with Gasteiger partial charge in [-0.25, -0.2) is 0 Å². The number of piperidine rings is 1. The van der Waals surface area contributed by atoms with Crippen LogP contribution in [0.1, 0.15) is 58.3 Å². The maximum absolute atomic E-state index is 14.2. The predicted molar refractivity (Wildman–Crippen MR) is 155 cm³/mol. The summed E-state index contributed by atoms with van der Waals surface area (Å²) >= 11 is 0. The molecule has 0 aromatic heterocycles. The minimum Gasteiger partial charge on any atom is -0.497 e. The minimum atomic E-state index is -1.12. The zero-order valence-corrected chi connectivity index (χ0v) is 24.3. The first-order valence-electron chi connectivity index (χ1n) is 15.5. The maximum atomic E-state index is 14.2. The van der Waals surface area contributed by atoms with Gasteiger partial charge in [-0.15, -0.1) is 0 Å². The fourth-order valence-corrected chi connectivity index (χ4v) is 7.89. The van der Waals surface area contributed by atoms with Crippen LogP contribution in [0.5, 0.6) is 5.75 Å². The van der Waals surface area contributed by atoms with E-state index in [2.05, 4.69) is 22.5 Å². The summed E-state index contributed by atoms with van der Waals surface area (Å²) in [5.74, 6) is -0.618. The smallest absolute Gasteiger partial charge is 0.246 e. The molecule has 1 saturated carbocycles. The summed E-state index contributed by atoms with van der Waals surface area (Å²) in [5.41, 5.74) is -0.497. The van der Waals surface area contributed by atoms with Crippen LogP contribution in [0.2, 0.25) is 0 Å². The van der Waals surface area contributed by atoms with E-state index in [0.717, 1.165) is 51.7 Å². The van der Waals surface area contributed by atoms with Gasteiger partial charge in [0.25, 0.3) is 0 Å². The average molecular weight is 565 g/mol. The van der Waals surface area contributed by atoms with Crippen LogP contribution in [0, 0.1) is 17.8 Å². The first-order valence-corrected chi connectivity index (χ1v) is 15.5. The summed E-state index contributed by atoms with van der Waals surface area (Å²) in [4.78, 5) is 46.0. The van der Waals surface area contributed by atoms with Crippen LogP contribution >= 0.6 is 0 Å². The monoisotopic (exact) mass is 564 g/mol. The molecule has 1 aliphatic carbocycles. The van der Waals surface area contributed by atoms with Crippen LogP contribution in [0.4, 0.5) is 5.69 Å². The number of nitrogens with one attached hydrogen (secondary N) is 2. The number of carbonyl (C=O) groups is 3. The Morgan fingerprint density at radius 2 is 1.83 bits per heavy atom. The lowest BCUT2D eigenvalue weighted by molar-refractivity contribution is -0.141. The number of benzene rings is 1. The molecule has 222 valence electrons. The Labute approximate surface area is 243 Å². The Morgan fingerprint density at radius 1 is 1.05 bits per heavy atom. The molecule has 9 nitrogen and oxygen atoms in total. The summed E-state index contributed by atoms with van der Waals surface area (Å²) < 4.78 is 11.7. The van der Waals surface area contributed by atoms with E-state index in [1.54, 1.807) is 36.3 Å². The number of methoxy groups -OCH3 is 1. The van der Waals surface area contributed by atoms with Crippen molar-refractivity contribution >= 4 is 23.4 Å². The predicted octanol–water partition coefficient (Wildman–Crippen LogP) is 3.36. The summed E-state index contributed by atoms with van der Waals surface area (Å²) in [6, 6.07) is 6.47. The molecular weight excluding hydrogens is 520 g/mol. The Morgan fingerprint density at radius 3 is 2.56 bits per heavy atom.